The molecule has 0 amide bonds. The molecule has 1 saturated carbocycles. The minimum Gasteiger partial charge on any atom is -0.396 e. The quantitative estimate of drug-likeness (QED) is 0.434. The van der Waals surface area contributed by atoms with E-state index < -0.39 is 0 Å². The lowest BCUT2D eigenvalue weighted by Gasteiger charge is -2.14. The lowest BCUT2D eigenvalue weighted by Crippen LogP contribution is -2.09. The predicted molar refractivity (Wildman–Crippen MR) is 97.3 cm³/mol. The molecule has 0 aliphatic heterocycles. The normalized spacial score (nSPS) is 15.4. The number of hydrogen-bond acceptors (Lipinski definition) is 2. The van der Waals surface area contributed by atoms with Crippen LogP contribution in [0.3, 0.4) is 0 Å². The van der Waals surface area contributed by atoms with E-state index in [-0.39, 0.29) is 6.10 Å². The predicted octanol–water partition coefficient (Wildman–Crippen LogP) is 5.99. The van der Waals surface area contributed by atoms with Crippen LogP contribution in [0.5, 0.6) is 0 Å². The molecule has 0 unspecified atom stereocenters. The van der Waals surface area contributed by atoms with Gasteiger partial charge in [0.25, 0.3) is 0 Å². The van der Waals surface area contributed by atoms with Gasteiger partial charge in [-0.05, 0) is 19.3 Å². The van der Waals surface area contributed by atoms with Crippen molar-refractivity contribution in [3.63, 3.8) is 0 Å². The molecule has 1 aliphatic carbocycles. The van der Waals surface area contributed by atoms with Gasteiger partial charge in [-0.15, -0.1) is 0 Å². The van der Waals surface area contributed by atoms with E-state index in [1.54, 1.807) is 0 Å². The van der Waals surface area contributed by atoms with Gasteiger partial charge in [0.05, 0.1) is 6.10 Å². The Morgan fingerprint density at radius 1 is 0.636 bits per heavy atom. The fourth-order valence-electron chi connectivity index (χ4n) is 3.03. The van der Waals surface area contributed by atoms with Gasteiger partial charge >= 0.3 is 0 Å². The highest BCUT2D eigenvalue weighted by molar-refractivity contribution is 4.61. The van der Waals surface area contributed by atoms with Crippen LogP contribution in [0.25, 0.3) is 0 Å². The standard InChI is InChI=1S/C14H30O.C6H12O/c1-2-3-4-5-6-7-8-9-10-11-12-13-14-15;7-6-4-2-1-3-5-6/h15H,2-14H2,1H3;6-7H,1-5H2. The molecule has 134 valence electrons. The molecule has 22 heavy (non-hydrogen) atoms. The van der Waals surface area contributed by atoms with E-state index in [0.717, 1.165) is 19.3 Å². The van der Waals surface area contributed by atoms with Crippen LogP contribution in [0.2, 0.25) is 0 Å². The summed E-state index contributed by atoms with van der Waals surface area (Å²) in [7, 11) is 0. The summed E-state index contributed by atoms with van der Waals surface area (Å²) in [6.07, 6.45) is 22.2. The van der Waals surface area contributed by atoms with Crippen LogP contribution in [-0.2, 0) is 0 Å². The molecular formula is C20H42O2. The molecule has 0 aromatic heterocycles. The highest BCUT2D eigenvalue weighted by Crippen LogP contribution is 2.16. The van der Waals surface area contributed by atoms with Gasteiger partial charge in [-0.2, -0.15) is 0 Å². The molecule has 2 N–H and O–H groups in total. The van der Waals surface area contributed by atoms with Crippen molar-refractivity contribution in [2.24, 2.45) is 0 Å². The first kappa shape index (κ1) is 21.9. The summed E-state index contributed by atoms with van der Waals surface area (Å²) < 4.78 is 0. The van der Waals surface area contributed by atoms with Crippen molar-refractivity contribution in [3.05, 3.63) is 0 Å². The summed E-state index contributed by atoms with van der Waals surface area (Å²) in [5, 5.41) is 17.5. The van der Waals surface area contributed by atoms with Crippen molar-refractivity contribution in [3.8, 4) is 0 Å². The Balaban J connectivity index is 0.000000518. The van der Waals surface area contributed by atoms with E-state index in [2.05, 4.69) is 6.92 Å². The molecule has 0 atom stereocenters. The fourth-order valence-corrected chi connectivity index (χ4v) is 3.03. The van der Waals surface area contributed by atoms with Crippen LogP contribution in [-0.4, -0.2) is 22.9 Å². The monoisotopic (exact) mass is 314 g/mol. The van der Waals surface area contributed by atoms with Crippen molar-refractivity contribution in [2.45, 2.75) is 122 Å². The van der Waals surface area contributed by atoms with E-state index in [1.807, 2.05) is 0 Å². The van der Waals surface area contributed by atoms with Crippen molar-refractivity contribution in [2.75, 3.05) is 6.61 Å². The van der Waals surface area contributed by atoms with E-state index in [0.29, 0.717) is 6.61 Å². The van der Waals surface area contributed by atoms with E-state index >= 15 is 0 Å². The van der Waals surface area contributed by atoms with E-state index in [4.69, 9.17) is 10.2 Å². The Hall–Kier alpha value is -0.0800. The maximum absolute atomic E-state index is 8.91. The summed E-state index contributed by atoms with van der Waals surface area (Å²) in [6.45, 7) is 2.64. The average Bonchev–Trinajstić information content (AvgIpc) is 2.54. The van der Waals surface area contributed by atoms with E-state index in [1.165, 1.54) is 89.9 Å². The molecule has 1 fully saturated rings. The maximum Gasteiger partial charge on any atom is 0.0540 e. The number of hydrogen-bond donors (Lipinski definition) is 2. The van der Waals surface area contributed by atoms with Gasteiger partial charge in [-0.3, -0.25) is 0 Å². The van der Waals surface area contributed by atoms with Gasteiger partial charge in [0.1, 0.15) is 0 Å². The van der Waals surface area contributed by atoms with Crippen molar-refractivity contribution >= 4 is 0 Å². The SMILES string of the molecule is CCCCCCCCCCCCCCO.OC1CCCCC1. The van der Waals surface area contributed by atoms with E-state index in [9.17, 15) is 0 Å². The Bertz CT molecular complexity index is 176. The highest BCUT2D eigenvalue weighted by atomic mass is 16.3. The molecular weight excluding hydrogens is 272 g/mol. The Morgan fingerprint density at radius 3 is 1.36 bits per heavy atom. The molecule has 1 aliphatic rings. The summed E-state index contributed by atoms with van der Waals surface area (Å²) >= 11 is 0. The van der Waals surface area contributed by atoms with Crippen molar-refractivity contribution < 1.29 is 10.2 Å². The van der Waals surface area contributed by atoms with Gasteiger partial charge in [0.2, 0.25) is 0 Å². The second kappa shape index (κ2) is 19.0. The summed E-state index contributed by atoms with van der Waals surface area (Å²) in [4.78, 5) is 0. The average molecular weight is 315 g/mol. The first-order valence-corrected chi connectivity index (χ1v) is 10.1. The zero-order valence-corrected chi connectivity index (χ0v) is 15.2. The molecule has 0 radical (unpaired) electrons. The molecule has 0 aromatic rings. The van der Waals surface area contributed by atoms with Crippen LogP contribution in [0, 0.1) is 0 Å². The fraction of sp³-hybridized carbons (Fsp3) is 1.00. The topological polar surface area (TPSA) is 40.5 Å². The molecule has 2 nitrogen and oxygen atoms in total. The minimum atomic E-state index is 0.0359. The van der Waals surface area contributed by atoms with Crippen LogP contribution in [0.1, 0.15) is 116 Å². The number of aliphatic hydroxyl groups excluding tert-OH is 2. The Labute approximate surface area is 139 Å². The summed E-state index contributed by atoms with van der Waals surface area (Å²) in [5.41, 5.74) is 0. The first-order chi connectivity index (χ1) is 10.8. The number of unbranched alkanes of at least 4 members (excludes halogenated alkanes) is 11. The van der Waals surface area contributed by atoms with Gasteiger partial charge < -0.3 is 10.2 Å². The lowest BCUT2D eigenvalue weighted by molar-refractivity contribution is 0.130. The zero-order chi connectivity index (χ0) is 16.3. The second-order valence-electron chi connectivity index (χ2n) is 6.90. The smallest absolute Gasteiger partial charge is 0.0540 e. The third kappa shape index (κ3) is 18.0. The van der Waals surface area contributed by atoms with Gasteiger partial charge in [-0.25, -0.2) is 0 Å². The molecule has 0 bridgehead atoms. The lowest BCUT2D eigenvalue weighted by atomic mass is 9.98. The van der Waals surface area contributed by atoms with Crippen LogP contribution in [0.4, 0.5) is 0 Å². The Morgan fingerprint density at radius 2 is 1.05 bits per heavy atom. The van der Waals surface area contributed by atoms with Crippen molar-refractivity contribution in [1.29, 1.82) is 0 Å². The molecule has 0 saturated heterocycles. The molecule has 0 aromatic carbocycles. The Kier molecular flexibility index (Phi) is 18.9. The third-order valence-electron chi connectivity index (χ3n) is 4.59. The molecule has 0 heterocycles. The van der Waals surface area contributed by atoms with Crippen molar-refractivity contribution in [1.82, 2.24) is 0 Å². The highest BCUT2D eigenvalue weighted by Gasteiger charge is 2.07. The second-order valence-corrected chi connectivity index (χ2v) is 6.90. The zero-order valence-electron chi connectivity index (χ0n) is 15.2. The molecule has 2 heteroatoms. The first-order valence-electron chi connectivity index (χ1n) is 10.1. The minimum absolute atomic E-state index is 0.0359. The maximum atomic E-state index is 8.91. The van der Waals surface area contributed by atoms with Gasteiger partial charge in [0.15, 0.2) is 0 Å². The van der Waals surface area contributed by atoms with Gasteiger partial charge in [0, 0.05) is 6.61 Å². The summed E-state index contributed by atoms with van der Waals surface area (Å²) in [5.74, 6) is 0. The number of aliphatic hydroxyl groups is 2. The third-order valence-corrected chi connectivity index (χ3v) is 4.59. The van der Waals surface area contributed by atoms with Crippen LogP contribution >= 0.6 is 0 Å². The van der Waals surface area contributed by atoms with Crippen LogP contribution in [0.15, 0.2) is 0 Å². The molecule has 1 rings (SSSR count). The molecule has 0 spiro atoms. The number of rotatable bonds is 12. The van der Waals surface area contributed by atoms with Gasteiger partial charge in [-0.1, -0.05) is 96.8 Å². The largest absolute Gasteiger partial charge is 0.396 e. The van der Waals surface area contributed by atoms with Crippen LogP contribution < -0.4 is 0 Å². The summed E-state index contributed by atoms with van der Waals surface area (Å²) in [6, 6.07) is 0.